The van der Waals surface area contributed by atoms with Gasteiger partial charge in [-0.3, -0.25) is 10.1 Å². The van der Waals surface area contributed by atoms with Gasteiger partial charge in [-0.2, -0.15) is 0 Å². The molecule has 0 aliphatic carbocycles. The Labute approximate surface area is 122 Å². The highest BCUT2D eigenvalue weighted by atomic mass is 16.2. The molecule has 1 aromatic carbocycles. The van der Waals surface area contributed by atoms with Crippen LogP contribution in [0.15, 0.2) is 42.1 Å². The van der Waals surface area contributed by atoms with Crippen LogP contribution in [0.1, 0.15) is 17.0 Å². The number of rotatable bonds is 2. The van der Waals surface area contributed by atoms with Gasteiger partial charge in [-0.25, -0.2) is 4.79 Å². The summed E-state index contributed by atoms with van der Waals surface area (Å²) in [6, 6.07) is 11.5. The number of nitrogens with zero attached hydrogens (tertiary/aromatic N) is 1. The fourth-order valence-corrected chi connectivity index (χ4v) is 2.55. The Hall–Kier alpha value is -2.82. The van der Waals surface area contributed by atoms with Gasteiger partial charge in [0.1, 0.15) is 5.70 Å². The van der Waals surface area contributed by atoms with Crippen molar-refractivity contribution in [3.05, 3.63) is 59.0 Å². The zero-order chi connectivity index (χ0) is 15.0. The van der Waals surface area contributed by atoms with Crippen molar-refractivity contribution in [1.82, 2.24) is 15.2 Å². The summed E-state index contributed by atoms with van der Waals surface area (Å²) in [6.45, 7) is 4.00. The first-order valence-corrected chi connectivity index (χ1v) is 6.64. The van der Waals surface area contributed by atoms with Crippen LogP contribution in [-0.4, -0.2) is 16.5 Å². The molecule has 0 atom stereocenters. The van der Waals surface area contributed by atoms with Gasteiger partial charge in [0.25, 0.3) is 5.91 Å². The Morgan fingerprint density at radius 1 is 1.05 bits per heavy atom. The van der Waals surface area contributed by atoms with Crippen molar-refractivity contribution in [2.24, 2.45) is 0 Å². The summed E-state index contributed by atoms with van der Waals surface area (Å²) >= 11 is 0. The molecule has 0 bridgehead atoms. The Bertz CT molecular complexity index is 757. The van der Waals surface area contributed by atoms with E-state index in [2.05, 4.69) is 15.2 Å². The summed E-state index contributed by atoms with van der Waals surface area (Å²) < 4.78 is 2.11. The SMILES string of the molecule is Cc1cc(/C=C2\NC(=O)NC2=O)c(C)n1-c1ccccc1. The van der Waals surface area contributed by atoms with E-state index in [1.54, 1.807) is 6.08 Å². The second kappa shape index (κ2) is 4.94. The van der Waals surface area contributed by atoms with E-state index in [0.717, 1.165) is 22.6 Å². The predicted octanol–water partition coefficient (Wildman–Crippen LogP) is 2.27. The monoisotopic (exact) mass is 281 g/mol. The third-order valence-corrected chi connectivity index (χ3v) is 3.50. The van der Waals surface area contributed by atoms with Gasteiger partial charge in [0, 0.05) is 17.1 Å². The highest BCUT2D eigenvalue weighted by Crippen LogP contribution is 2.22. The molecule has 1 aliphatic heterocycles. The number of carbonyl (C=O) groups is 2. The molecule has 1 saturated heterocycles. The van der Waals surface area contributed by atoms with E-state index in [4.69, 9.17) is 0 Å². The van der Waals surface area contributed by atoms with Crippen LogP contribution in [-0.2, 0) is 4.79 Å². The second-order valence-electron chi connectivity index (χ2n) is 4.96. The highest BCUT2D eigenvalue weighted by molar-refractivity contribution is 6.14. The molecule has 2 N–H and O–H groups in total. The van der Waals surface area contributed by atoms with Gasteiger partial charge >= 0.3 is 6.03 Å². The molecule has 1 aliphatic rings. The molecule has 5 nitrogen and oxygen atoms in total. The van der Waals surface area contributed by atoms with E-state index < -0.39 is 11.9 Å². The maximum Gasteiger partial charge on any atom is 0.326 e. The minimum Gasteiger partial charge on any atom is -0.318 e. The molecule has 3 amide bonds. The Morgan fingerprint density at radius 3 is 2.38 bits per heavy atom. The number of hydrogen-bond acceptors (Lipinski definition) is 2. The predicted molar refractivity (Wildman–Crippen MR) is 79.9 cm³/mol. The van der Waals surface area contributed by atoms with Gasteiger partial charge in [0.2, 0.25) is 0 Å². The molecule has 1 fully saturated rings. The molecule has 2 heterocycles. The van der Waals surface area contributed by atoms with Crippen LogP contribution in [0.4, 0.5) is 4.79 Å². The normalized spacial score (nSPS) is 16.2. The number of urea groups is 1. The lowest BCUT2D eigenvalue weighted by molar-refractivity contribution is -0.115. The quantitative estimate of drug-likeness (QED) is 0.655. The number of para-hydroxylation sites is 1. The van der Waals surface area contributed by atoms with Gasteiger partial charge in [0.15, 0.2) is 0 Å². The maximum atomic E-state index is 11.6. The molecule has 5 heteroatoms. The van der Waals surface area contributed by atoms with Crippen molar-refractivity contribution < 1.29 is 9.59 Å². The Kier molecular flexibility index (Phi) is 3.10. The first-order chi connectivity index (χ1) is 10.1. The van der Waals surface area contributed by atoms with Crippen molar-refractivity contribution in [1.29, 1.82) is 0 Å². The fraction of sp³-hybridized carbons (Fsp3) is 0.125. The summed E-state index contributed by atoms with van der Waals surface area (Å²) in [6.07, 6.45) is 1.70. The van der Waals surface area contributed by atoms with E-state index in [9.17, 15) is 9.59 Å². The standard InChI is InChI=1S/C16H15N3O2/c1-10-8-12(9-14-15(20)18-16(21)17-14)11(2)19(10)13-6-4-3-5-7-13/h3-9H,1-2H3,(H2,17,18,20,21)/b14-9-. The number of aryl methyl sites for hydroxylation is 1. The third kappa shape index (κ3) is 2.33. The van der Waals surface area contributed by atoms with Crippen LogP contribution in [0.3, 0.4) is 0 Å². The second-order valence-corrected chi connectivity index (χ2v) is 4.96. The number of imide groups is 1. The van der Waals surface area contributed by atoms with Gasteiger partial charge in [-0.1, -0.05) is 18.2 Å². The zero-order valence-electron chi connectivity index (χ0n) is 11.8. The molecule has 0 radical (unpaired) electrons. The summed E-state index contributed by atoms with van der Waals surface area (Å²) in [5.41, 5.74) is 4.32. The zero-order valence-corrected chi connectivity index (χ0v) is 11.8. The molecule has 3 rings (SSSR count). The Morgan fingerprint density at radius 2 is 1.76 bits per heavy atom. The molecule has 21 heavy (non-hydrogen) atoms. The Balaban J connectivity index is 2.05. The van der Waals surface area contributed by atoms with Crippen molar-refractivity contribution in [2.75, 3.05) is 0 Å². The number of amides is 3. The average molecular weight is 281 g/mol. The van der Waals surface area contributed by atoms with E-state index in [-0.39, 0.29) is 5.70 Å². The maximum absolute atomic E-state index is 11.6. The van der Waals surface area contributed by atoms with E-state index in [1.807, 2.05) is 50.2 Å². The average Bonchev–Trinajstić information content (AvgIpc) is 2.91. The number of nitrogens with one attached hydrogen (secondary N) is 2. The molecular formula is C16H15N3O2. The molecular weight excluding hydrogens is 266 g/mol. The van der Waals surface area contributed by atoms with Gasteiger partial charge < -0.3 is 9.88 Å². The molecule has 2 aromatic rings. The molecule has 1 aromatic heterocycles. The largest absolute Gasteiger partial charge is 0.326 e. The van der Waals surface area contributed by atoms with Gasteiger partial charge in [0.05, 0.1) is 0 Å². The van der Waals surface area contributed by atoms with Crippen LogP contribution >= 0.6 is 0 Å². The summed E-state index contributed by atoms with van der Waals surface area (Å²) in [5, 5.41) is 4.70. The van der Waals surface area contributed by atoms with Crippen molar-refractivity contribution >= 4 is 18.0 Å². The molecule has 0 spiro atoms. The minimum atomic E-state index is -0.483. The lowest BCUT2D eigenvalue weighted by Crippen LogP contribution is -2.22. The van der Waals surface area contributed by atoms with Crippen LogP contribution < -0.4 is 10.6 Å². The summed E-state index contributed by atoms with van der Waals surface area (Å²) in [5.74, 6) is -0.399. The van der Waals surface area contributed by atoms with Crippen LogP contribution in [0.2, 0.25) is 0 Å². The van der Waals surface area contributed by atoms with Gasteiger partial charge in [-0.05, 0) is 43.7 Å². The van der Waals surface area contributed by atoms with Crippen LogP contribution in [0.5, 0.6) is 0 Å². The van der Waals surface area contributed by atoms with Crippen molar-refractivity contribution in [3.63, 3.8) is 0 Å². The first kappa shape index (κ1) is 13.2. The lowest BCUT2D eigenvalue weighted by Gasteiger charge is -2.09. The van der Waals surface area contributed by atoms with E-state index in [1.165, 1.54) is 0 Å². The molecule has 0 unspecified atom stereocenters. The first-order valence-electron chi connectivity index (χ1n) is 6.64. The van der Waals surface area contributed by atoms with Crippen LogP contribution in [0.25, 0.3) is 11.8 Å². The van der Waals surface area contributed by atoms with Crippen LogP contribution in [0, 0.1) is 13.8 Å². The van der Waals surface area contributed by atoms with Crippen molar-refractivity contribution in [3.8, 4) is 5.69 Å². The molecule has 106 valence electrons. The number of aromatic nitrogens is 1. The fourth-order valence-electron chi connectivity index (χ4n) is 2.55. The highest BCUT2D eigenvalue weighted by Gasteiger charge is 2.23. The summed E-state index contributed by atoms with van der Waals surface area (Å²) in [7, 11) is 0. The van der Waals surface area contributed by atoms with Gasteiger partial charge in [-0.15, -0.1) is 0 Å². The summed E-state index contributed by atoms with van der Waals surface area (Å²) in [4.78, 5) is 22.7. The van der Waals surface area contributed by atoms with E-state index >= 15 is 0 Å². The molecule has 0 saturated carbocycles. The lowest BCUT2D eigenvalue weighted by atomic mass is 10.2. The number of benzene rings is 1. The van der Waals surface area contributed by atoms with E-state index in [0.29, 0.717) is 0 Å². The number of hydrogen-bond donors (Lipinski definition) is 2. The number of carbonyl (C=O) groups excluding carboxylic acids is 2. The minimum absolute atomic E-state index is 0.272. The van der Waals surface area contributed by atoms with Crippen molar-refractivity contribution in [2.45, 2.75) is 13.8 Å². The smallest absolute Gasteiger partial charge is 0.318 e. The topological polar surface area (TPSA) is 63.1 Å². The third-order valence-electron chi connectivity index (χ3n) is 3.50.